The van der Waals surface area contributed by atoms with Crippen LogP contribution >= 0.6 is 0 Å². The summed E-state index contributed by atoms with van der Waals surface area (Å²) in [5.74, 6) is 0.571. The van der Waals surface area contributed by atoms with E-state index in [0.717, 1.165) is 13.0 Å². The Bertz CT molecular complexity index is 359. The van der Waals surface area contributed by atoms with E-state index in [0.29, 0.717) is 5.92 Å². The second-order valence-corrected chi connectivity index (χ2v) is 6.23. The Hall–Kier alpha value is -1.08. The zero-order valence-corrected chi connectivity index (χ0v) is 12.3. The lowest BCUT2D eigenvalue weighted by atomic mass is 9.92. The smallest absolute Gasteiger partial charge is 0.00967 e. The summed E-state index contributed by atoms with van der Waals surface area (Å²) in [7, 11) is 0. The Balaban J connectivity index is 2.66. The summed E-state index contributed by atoms with van der Waals surface area (Å²) < 4.78 is 0. The van der Waals surface area contributed by atoms with Crippen LogP contribution in [-0.2, 0) is 0 Å². The van der Waals surface area contributed by atoms with E-state index in [1.165, 1.54) is 17.6 Å². The fourth-order valence-corrected chi connectivity index (χ4v) is 1.96. The standard InChI is InChI=1S/C17H27N/c1-14(2)11-12-16(13-18-17(3,4)5)15-9-7-6-8-10-15/h6-10,16,18H,1,11-13H2,2-5H3. The van der Waals surface area contributed by atoms with E-state index in [1.54, 1.807) is 0 Å². The van der Waals surface area contributed by atoms with Crippen molar-refractivity contribution in [3.05, 3.63) is 48.0 Å². The van der Waals surface area contributed by atoms with Crippen LogP contribution in [0, 0.1) is 0 Å². The van der Waals surface area contributed by atoms with Crippen molar-refractivity contribution in [1.29, 1.82) is 0 Å². The van der Waals surface area contributed by atoms with E-state index in [4.69, 9.17) is 0 Å². The maximum absolute atomic E-state index is 4.01. The highest BCUT2D eigenvalue weighted by Gasteiger charge is 2.15. The van der Waals surface area contributed by atoms with Crippen molar-refractivity contribution in [2.45, 2.75) is 52.0 Å². The van der Waals surface area contributed by atoms with Gasteiger partial charge in [-0.15, -0.1) is 6.58 Å². The van der Waals surface area contributed by atoms with Crippen LogP contribution < -0.4 is 5.32 Å². The van der Waals surface area contributed by atoms with Crippen LogP contribution in [0.4, 0.5) is 0 Å². The van der Waals surface area contributed by atoms with Crippen molar-refractivity contribution in [1.82, 2.24) is 5.32 Å². The molecule has 1 aromatic rings. The van der Waals surface area contributed by atoms with Gasteiger partial charge in [0, 0.05) is 12.1 Å². The highest BCUT2D eigenvalue weighted by molar-refractivity contribution is 5.20. The molecule has 0 aliphatic carbocycles. The molecule has 1 heteroatoms. The molecule has 0 radical (unpaired) electrons. The summed E-state index contributed by atoms with van der Waals surface area (Å²) in [5, 5.41) is 3.61. The number of hydrogen-bond donors (Lipinski definition) is 1. The molecule has 1 nitrogen and oxygen atoms in total. The molecule has 18 heavy (non-hydrogen) atoms. The van der Waals surface area contributed by atoms with Gasteiger partial charge in [-0.25, -0.2) is 0 Å². The van der Waals surface area contributed by atoms with Crippen LogP contribution in [-0.4, -0.2) is 12.1 Å². The van der Waals surface area contributed by atoms with Gasteiger partial charge in [0.1, 0.15) is 0 Å². The maximum Gasteiger partial charge on any atom is 0.00967 e. The van der Waals surface area contributed by atoms with Gasteiger partial charge in [-0.1, -0.05) is 35.9 Å². The molecule has 0 bridgehead atoms. The third-order valence-corrected chi connectivity index (χ3v) is 3.07. The molecule has 1 aromatic carbocycles. The van der Waals surface area contributed by atoms with E-state index in [1.807, 2.05) is 0 Å². The highest BCUT2D eigenvalue weighted by Crippen LogP contribution is 2.23. The highest BCUT2D eigenvalue weighted by atomic mass is 14.9. The Morgan fingerprint density at radius 3 is 2.33 bits per heavy atom. The third-order valence-electron chi connectivity index (χ3n) is 3.07. The van der Waals surface area contributed by atoms with Crippen molar-refractivity contribution >= 4 is 0 Å². The van der Waals surface area contributed by atoms with Gasteiger partial charge in [-0.2, -0.15) is 0 Å². The molecule has 1 atom stereocenters. The van der Waals surface area contributed by atoms with E-state index in [2.05, 4.69) is 69.9 Å². The first-order valence-corrected chi connectivity index (χ1v) is 6.83. The first kappa shape index (κ1) is 15.0. The predicted molar refractivity (Wildman–Crippen MR) is 81.0 cm³/mol. The number of rotatable bonds is 6. The Kier molecular flexibility index (Phi) is 5.61. The summed E-state index contributed by atoms with van der Waals surface area (Å²) >= 11 is 0. The minimum Gasteiger partial charge on any atom is -0.311 e. The van der Waals surface area contributed by atoms with Gasteiger partial charge in [-0.3, -0.25) is 0 Å². The summed E-state index contributed by atoms with van der Waals surface area (Å²) in [6, 6.07) is 10.8. The number of nitrogens with one attached hydrogen (secondary N) is 1. The molecule has 1 rings (SSSR count). The van der Waals surface area contributed by atoms with Crippen LogP contribution in [0.15, 0.2) is 42.5 Å². The van der Waals surface area contributed by atoms with E-state index in [-0.39, 0.29) is 5.54 Å². The lowest BCUT2D eigenvalue weighted by Gasteiger charge is -2.25. The molecule has 1 N–H and O–H groups in total. The first-order valence-electron chi connectivity index (χ1n) is 6.83. The van der Waals surface area contributed by atoms with Crippen LogP contribution in [0.1, 0.15) is 52.0 Å². The number of hydrogen-bond acceptors (Lipinski definition) is 1. The Morgan fingerprint density at radius 2 is 1.83 bits per heavy atom. The normalized spacial score (nSPS) is 13.3. The van der Waals surface area contributed by atoms with Crippen LogP contribution in [0.2, 0.25) is 0 Å². The van der Waals surface area contributed by atoms with Crippen molar-refractivity contribution < 1.29 is 0 Å². The van der Waals surface area contributed by atoms with Crippen LogP contribution in [0.3, 0.4) is 0 Å². The molecule has 0 saturated heterocycles. The third kappa shape index (κ3) is 6.02. The molecule has 0 heterocycles. The molecule has 0 spiro atoms. The molecule has 0 saturated carbocycles. The van der Waals surface area contributed by atoms with Crippen molar-refractivity contribution in [2.75, 3.05) is 6.54 Å². The molecule has 0 aromatic heterocycles. The van der Waals surface area contributed by atoms with Crippen LogP contribution in [0.25, 0.3) is 0 Å². The monoisotopic (exact) mass is 245 g/mol. The van der Waals surface area contributed by atoms with Crippen molar-refractivity contribution in [2.24, 2.45) is 0 Å². The second kappa shape index (κ2) is 6.75. The van der Waals surface area contributed by atoms with Gasteiger partial charge in [-0.05, 0) is 52.0 Å². The maximum atomic E-state index is 4.01. The van der Waals surface area contributed by atoms with Gasteiger partial charge in [0.2, 0.25) is 0 Å². The van der Waals surface area contributed by atoms with E-state index >= 15 is 0 Å². The fraction of sp³-hybridized carbons (Fsp3) is 0.529. The molecule has 0 aliphatic rings. The summed E-state index contributed by atoms with van der Waals surface area (Å²) in [6.07, 6.45) is 2.27. The summed E-state index contributed by atoms with van der Waals surface area (Å²) in [6.45, 7) is 13.8. The van der Waals surface area contributed by atoms with Gasteiger partial charge in [0.25, 0.3) is 0 Å². The minimum atomic E-state index is 0.177. The molecular weight excluding hydrogens is 218 g/mol. The molecule has 1 unspecified atom stereocenters. The number of allylic oxidation sites excluding steroid dienone is 1. The molecule has 100 valence electrons. The Morgan fingerprint density at radius 1 is 1.22 bits per heavy atom. The fourth-order valence-electron chi connectivity index (χ4n) is 1.96. The first-order chi connectivity index (χ1) is 8.38. The lowest BCUT2D eigenvalue weighted by Crippen LogP contribution is -2.38. The quantitative estimate of drug-likeness (QED) is 0.727. The average molecular weight is 245 g/mol. The molecular formula is C17H27N. The zero-order chi connectivity index (χ0) is 13.6. The average Bonchev–Trinajstić information content (AvgIpc) is 2.28. The van der Waals surface area contributed by atoms with Gasteiger partial charge in [0.15, 0.2) is 0 Å². The van der Waals surface area contributed by atoms with Gasteiger partial charge >= 0.3 is 0 Å². The number of benzene rings is 1. The lowest BCUT2D eigenvalue weighted by molar-refractivity contribution is 0.399. The largest absolute Gasteiger partial charge is 0.311 e. The van der Waals surface area contributed by atoms with E-state index < -0.39 is 0 Å². The molecule has 0 fully saturated rings. The Labute approximate surface area is 112 Å². The van der Waals surface area contributed by atoms with Crippen molar-refractivity contribution in [3.63, 3.8) is 0 Å². The summed E-state index contributed by atoms with van der Waals surface area (Å²) in [4.78, 5) is 0. The molecule has 0 aliphatic heterocycles. The van der Waals surface area contributed by atoms with Crippen LogP contribution in [0.5, 0.6) is 0 Å². The van der Waals surface area contributed by atoms with E-state index in [9.17, 15) is 0 Å². The SMILES string of the molecule is C=C(C)CCC(CNC(C)(C)C)c1ccccc1. The predicted octanol–water partition coefficient (Wildman–Crippen LogP) is 4.51. The van der Waals surface area contributed by atoms with Gasteiger partial charge < -0.3 is 5.32 Å². The topological polar surface area (TPSA) is 12.0 Å². The zero-order valence-electron chi connectivity index (χ0n) is 12.3. The second-order valence-electron chi connectivity index (χ2n) is 6.23. The minimum absolute atomic E-state index is 0.177. The molecule has 0 amide bonds. The van der Waals surface area contributed by atoms with Crippen molar-refractivity contribution in [3.8, 4) is 0 Å². The summed E-state index contributed by atoms with van der Waals surface area (Å²) in [5.41, 5.74) is 2.87. The van der Waals surface area contributed by atoms with Gasteiger partial charge in [0.05, 0.1) is 0 Å².